The Morgan fingerprint density at radius 3 is 2.80 bits per heavy atom. The number of nitrogens with zero attached hydrogens (tertiary/aromatic N) is 3. The summed E-state index contributed by atoms with van der Waals surface area (Å²) in [6.45, 7) is 4.56. The molecule has 156 valence electrons. The zero-order valence-electron chi connectivity index (χ0n) is 17.1. The van der Waals surface area contributed by atoms with Crippen molar-refractivity contribution >= 4 is 34.8 Å². The number of aryl methyl sites for hydroxylation is 1. The number of piperidine rings is 1. The standard InChI is InChI=1S/C23H26N4OS2/c1-17-26-19(15-29-17)16-30-21-10-4-3-9-20(21)23(28)25-14-18-8-7-11-24-22(18)27-12-5-2-6-13-27/h3-4,7-11,15H,2,5-6,12-14,16H2,1H3,(H,25,28). The molecule has 4 rings (SSSR count). The highest BCUT2D eigenvalue weighted by molar-refractivity contribution is 7.98. The predicted molar refractivity (Wildman–Crippen MR) is 124 cm³/mol. The molecule has 3 heterocycles. The van der Waals surface area contributed by atoms with Crippen molar-refractivity contribution in [2.75, 3.05) is 18.0 Å². The second kappa shape index (κ2) is 10.1. The fraction of sp³-hybridized carbons (Fsp3) is 0.348. The highest BCUT2D eigenvalue weighted by Crippen LogP contribution is 2.27. The highest BCUT2D eigenvalue weighted by atomic mass is 32.2. The summed E-state index contributed by atoms with van der Waals surface area (Å²) < 4.78 is 0. The third kappa shape index (κ3) is 5.21. The molecule has 0 atom stereocenters. The second-order valence-electron chi connectivity index (χ2n) is 7.36. The second-order valence-corrected chi connectivity index (χ2v) is 9.44. The van der Waals surface area contributed by atoms with Gasteiger partial charge in [0.05, 0.1) is 16.3 Å². The van der Waals surface area contributed by atoms with Gasteiger partial charge in [-0.25, -0.2) is 9.97 Å². The maximum absolute atomic E-state index is 13.0. The van der Waals surface area contributed by atoms with E-state index in [0.717, 1.165) is 45.8 Å². The molecule has 1 aliphatic heterocycles. The van der Waals surface area contributed by atoms with Crippen molar-refractivity contribution in [3.05, 3.63) is 69.8 Å². The fourth-order valence-electron chi connectivity index (χ4n) is 3.64. The first kappa shape index (κ1) is 20.9. The molecule has 30 heavy (non-hydrogen) atoms. The third-order valence-corrected chi connectivity index (χ3v) is 7.07. The lowest BCUT2D eigenvalue weighted by Crippen LogP contribution is -2.32. The van der Waals surface area contributed by atoms with E-state index in [2.05, 4.69) is 31.6 Å². The van der Waals surface area contributed by atoms with Crippen molar-refractivity contribution in [2.24, 2.45) is 0 Å². The molecule has 3 aromatic rings. The molecule has 5 nitrogen and oxygen atoms in total. The minimum atomic E-state index is -0.0546. The number of carbonyl (C=O) groups is 1. The first-order valence-electron chi connectivity index (χ1n) is 10.3. The number of pyridine rings is 1. The highest BCUT2D eigenvalue weighted by Gasteiger charge is 2.17. The third-order valence-electron chi connectivity index (χ3n) is 5.14. The lowest BCUT2D eigenvalue weighted by molar-refractivity contribution is 0.0948. The van der Waals surface area contributed by atoms with E-state index in [1.54, 1.807) is 23.1 Å². The Morgan fingerprint density at radius 1 is 1.17 bits per heavy atom. The molecule has 0 radical (unpaired) electrons. The van der Waals surface area contributed by atoms with Gasteiger partial charge in [-0.3, -0.25) is 4.79 Å². The van der Waals surface area contributed by atoms with Gasteiger partial charge in [0, 0.05) is 47.4 Å². The monoisotopic (exact) mass is 438 g/mol. The molecule has 1 aromatic carbocycles. The maximum atomic E-state index is 13.0. The number of hydrogen-bond acceptors (Lipinski definition) is 6. The van der Waals surface area contributed by atoms with Crippen molar-refractivity contribution < 1.29 is 4.79 Å². The van der Waals surface area contributed by atoms with Crippen LogP contribution >= 0.6 is 23.1 Å². The summed E-state index contributed by atoms with van der Waals surface area (Å²) in [6.07, 6.45) is 5.52. The van der Waals surface area contributed by atoms with Crippen molar-refractivity contribution in [1.29, 1.82) is 0 Å². The normalized spacial score (nSPS) is 14.0. The molecule has 1 saturated heterocycles. The molecule has 2 aromatic heterocycles. The van der Waals surface area contributed by atoms with E-state index >= 15 is 0 Å². The summed E-state index contributed by atoms with van der Waals surface area (Å²) >= 11 is 3.31. The molecule has 1 N–H and O–H groups in total. The Hall–Kier alpha value is -2.38. The topological polar surface area (TPSA) is 58.1 Å². The summed E-state index contributed by atoms with van der Waals surface area (Å²) in [4.78, 5) is 25.4. The minimum Gasteiger partial charge on any atom is -0.356 e. The predicted octanol–water partition coefficient (Wildman–Crippen LogP) is 5.06. The molecular formula is C23H26N4OS2. The average Bonchev–Trinajstić information content (AvgIpc) is 3.22. The van der Waals surface area contributed by atoms with E-state index < -0.39 is 0 Å². The van der Waals surface area contributed by atoms with Gasteiger partial charge in [0.15, 0.2) is 0 Å². The van der Waals surface area contributed by atoms with Crippen LogP contribution in [0, 0.1) is 6.92 Å². The molecule has 0 saturated carbocycles. The quantitative estimate of drug-likeness (QED) is 0.523. The first-order chi connectivity index (χ1) is 14.7. The number of hydrogen-bond donors (Lipinski definition) is 1. The molecule has 1 amide bonds. The molecule has 0 bridgehead atoms. The number of aromatic nitrogens is 2. The van der Waals surface area contributed by atoms with Gasteiger partial charge >= 0.3 is 0 Å². The van der Waals surface area contributed by atoms with Gasteiger partial charge in [0.1, 0.15) is 5.82 Å². The molecule has 1 fully saturated rings. The van der Waals surface area contributed by atoms with Gasteiger partial charge in [0.2, 0.25) is 0 Å². The Morgan fingerprint density at radius 2 is 2.00 bits per heavy atom. The van der Waals surface area contributed by atoms with Crippen LogP contribution in [0.3, 0.4) is 0 Å². The molecule has 0 unspecified atom stereocenters. The maximum Gasteiger partial charge on any atom is 0.252 e. The smallest absolute Gasteiger partial charge is 0.252 e. The zero-order valence-corrected chi connectivity index (χ0v) is 18.8. The number of anilines is 1. The Labute approximate surface area is 185 Å². The number of nitrogens with one attached hydrogen (secondary N) is 1. The lowest BCUT2D eigenvalue weighted by Gasteiger charge is -2.29. The van der Waals surface area contributed by atoms with E-state index in [1.165, 1.54) is 19.3 Å². The summed E-state index contributed by atoms with van der Waals surface area (Å²) in [5.41, 5.74) is 2.83. The minimum absolute atomic E-state index is 0.0546. The van der Waals surface area contributed by atoms with Crippen molar-refractivity contribution in [2.45, 2.75) is 43.4 Å². The van der Waals surface area contributed by atoms with Gasteiger partial charge in [-0.1, -0.05) is 18.2 Å². The number of carbonyl (C=O) groups excluding carboxylic acids is 1. The van der Waals surface area contributed by atoms with Gasteiger partial charge in [0.25, 0.3) is 5.91 Å². The average molecular weight is 439 g/mol. The van der Waals surface area contributed by atoms with Gasteiger partial charge < -0.3 is 10.2 Å². The number of rotatable bonds is 7. The Kier molecular flexibility index (Phi) is 7.02. The van der Waals surface area contributed by atoms with Crippen molar-refractivity contribution in [3.63, 3.8) is 0 Å². The van der Waals surface area contributed by atoms with E-state index in [-0.39, 0.29) is 5.91 Å². The summed E-state index contributed by atoms with van der Waals surface area (Å²) in [5, 5.41) is 6.25. The van der Waals surface area contributed by atoms with Crippen LogP contribution in [-0.4, -0.2) is 29.0 Å². The first-order valence-corrected chi connectivity index (χ1v) is 12.2. The zero-order chi connectivity index (χ0) is 20.8. The van der Waals surface area contributed by atoms with Crippen LogP contribution in [0.2, 0.25) is 0 Å². The summed E-state index contributed by atoms with van der Waals surface area (Å²) in [5.74, 6) is 1.70. The molecule has 0 spiro atoms. The summed E-state index contributed by atoms with van der Waals surface area (Å²) in [6, 6.07) is 11.8. The Bertz CT molecular complexity index is 998. The molecule has 0 aliphatic carbocycles. The van der Waals surface area contributed by atoms with E-state index in [9.17, 15) is 4.79 Å². The lowest BCUT2D eigenvalue weighted by atomic mass is 10.1. The van der Waals surface area contributed by atoms with E-state index in [0.29, 0.717) is 12.1 Å². The van der Waals surface area contributed by atoms with Crippen LogP contribution in [0.25, 0.3) is 0 Å². The van der Waals surface area contributed by atoms with Crippen LogP contribution in [0.15, 0.2) is 52.9 Å². The van der Waals surface area contributed by atoms with E-state index in [4.69, 9.17) is 0 Å². The molecule has 7 heteroatoms. The summed E-state index contributed by atoms with van der Waals surface area (Å²) in [7, 11) is 0. The van der Waals surface area contributed by atoms with Gasteiger partial charge in [-0.2, -0.15) is 0 Å². The van der Waals surface area contributed by atoms with Crippen LogP contribution in [0.1, 0.15) is 45.9 Å². The fourth-order valence-corrected chi connectivity index (χ4v) is 5.30. The number of thioether (sulfide) groups is 1. The van der Waals surface area contributed by atoms with Crippen LogP contribution in [-0.2, 0) is 12.3 Å². The molecule has 1 aliphatic rings. The number of benzene rings is 1. The van der Waals surface area contributed by atoms with Crippen LogP contribution in [0.5, 0.6) is 0 Å². The van der Waals surface area contributed by atoms with Gasteiger partial charge in [-0.05, 0) is 44.4 Å². The number of amides is 1. The molecular weight excluding hydrogens is 412 g/mol. The van der Waals surface area contributed by atoms with Crippen molar-refractivity contribution in [3.8, 4) is 0 Å². The Balaban J connectivity index is 1.42. The van der Waals surface area contributed by atoms with Gasteiger partial charge in [-0.15, -0.1) is 23.1 Å². The van der Waals surface area contributed by atoms with Crippen LogP contribution in [0.4, 0.5) is 5.82 Å². The van der Waals surface area contributed by atoms with Crippen molar-refractivity contribution in [1.82, 2.24) is 15.3 Å². The number of thiazole rings is 1. The van der Waals surface area contributed by atoms with Crippen LogP contribution < -0.4 is 10.2 Å². The SMILES string of the molecule is Cc1nc(CSc2ccccc2C(=O)NCc2cccnc2N2CCCCC2)cs1. The van der Waals surface area contributed by atoms with E-state index in [1.807, 2.05) is 43.5 Å². The largest absolute Gasteiger partial charge is 0.356 e.